The third-order valence-electron chi connectivity index (χ3n) is 2.28. The molecule has 0 amide bonds. The van der Waals surface area contributed by atoms with Crippen LogP contribution in [-0.4, -0.2) is 37.4 Å². The van der Waals surface area contributed by atoms with E-state index in [-0.39, 0.29) is 17.6 Å². The van der Waals surface area contributed by atoms with Crippen molar-refractivity contribution in [2.75, 3.05) is 13.7 Å². The maximum absolute atomic E-state index is 11.3. The molecular formula is C9H17NO3. The van der Waals surface area contributed by atoms with Gasteiger partial charge in [0.05, 0.1) is 13.2 Å². The molecule has 1 aliphatic heterocycles. The van der Waals surface area contributed by atoms with E-state index in [0.29, 0.717) is 0 Å². The van der Waals surface area contributed by atoms with E-state index in [0.717, 1.165) is 6.54 Å². The summed E-state index contributed by atoms with van der Waals surface area (Å²) in [4.78, 5) is 11.3. The molecule has 1 rings (SSSR count). The summed E-state index contributed by atoms with van der Waals surface area (Å²) < 4.78 is 10.2. The molecule has 0 aromatic carbocycles. The van der Waals surface area contributed by atoms with E-state index in [9.17, 15) is 4.79 Å². The zero-order valence-corrected chi connectivity index (χ0v) is 8.59. The number of esters is 1. The van der Waals surface area contributed by atoms with Gasteiger partial charge < -0.3 is 14.8 Å². The molecule has 13 heavy (non-hydrogen) atoms. The number of hydrogen-bond acceptors (Lipinski definition) is 4. The largest absolute Gasteiger partial charge is 0.467 e. The van der Waals surface area contributed by atoms with Gasteiger partial charge in [-0.25, -0.2) is 4.79 Å². The monoisotopic (exact) mass is 187 g/mol. The Morgan fingerprint density at radius 2 is 2.23 bits per heavy atom. The Kier molecular flexibility index (Phi) is 2.93. The average Bonchev–Trinajstić information content (AvgIpc) is 2.08. The van der Waals surface area contributed by atoms with Crippen LogP contribution in [0, 0.1) is 0 Å². The van der Waals surface area contributed by atoms with Gasteiger partial charge in [0.15, 0.2) is 6.10 Å². The van der Waals surface area contributed by atoms with E-state index in [2.05, 4.69) is 10.1 Å². The molecule has 1 aliphatic rings. The number of hydrogen-bond donors (Lipinski definition) is 1. The Morgan fingerprint density at radius 3 is 2.77 bits per heavy atom. The number of ether oxygens (including phenoxy) is 2. The molecule has 0 aromatic heterocycles. The average molecular weight is 187 g/mol. The molecule has 2 atom stereocenters. The van der Waals surface area contributed by atoms with Crippen LogP contribution in [0.5, 0.6) is 0 Å². The summed E-state index contributed by atoms with van der Waals surface area (Å²) in [6.45, 7) is 6.56. The van der Waals surface area contributed by atoms with Gasteiger partial charge in [0, 0.05) is 12.1 Å². The van der Waals surface area contributed by atoms with Gasteiger partial charge in [-0.15, -0.1) is 0 Å². The van der Waals surface area contributed by atoms with E-state index >= 15 is 0 Å². The van der Waals surface area contributed by atoms with E-state index in [1.807, 2.05) is 20.8 Å². The molecule has 1 fully saturated rings. The van der Waals surface area contributed by atoms with Crippen molar-refractivity contribution in [1.29, 1.82) is 0 Å². The predicted octanol–water partition coefficient (Wildman–Crippen LogP) is 0.315. The number of nitrogens with one attached hydrogen (secondary N) is 1. The third-order valence-corrected chi connectivity index (χ3v) is 2.28. The first-order chi connectivity index (χ1) is 5.97. The minimum atomic E-state index is -0.513. The Balaban J connectivity index is 2.72. The topological polar surface area (TPSA) is 47.6 Å². The lowest BCUT2D eigenvalue weighted by atomic mass is 9.95. The second kappa shape index (κ2) is 3.64. The lowest BCUT2D eigenvalue weighted by Gasteiger charge is -2.40. The van der Waals surface area contributed by atoms with Crippen molar-refractivity contribution in [1.82, 2.24) is 5.32 Å². The quantitative estimate of drug-likeness (QED) is 0.600. The lowest BCUT2D eigenvalue weighted by Crippen LogP contribution is -2.61. The second-order valence-corrected chi connectivity index (χ2v) is 3.95. The first-order valence-corrected chi connectivity index (χ1v) is 4.45. The highest BCUT2D eigenvalue weighted by atomic mass is 16.6. The van der Waals surface area contributed by atoms with E-state index in [4.69, 9.17) is 4.74 Å². The molecule has 0 radical (unpaired) electrons. The van der Waals surface area contributed by atoms with Gasteiger partial charge in [-0.1, -0.05) is 0 Å². The molecule has 0 aromatic rings. The molecule has 2 unspecified atom stereocenters. The Morgan fingerprint density at radius 1 is 1.62 bits per heavy atom. The normalized spacial score (nSPS) is 32.6. The molecule has 1 heterocycles. The van der Waals surface area contributed by atoms with Crippen molar-refractivity contribution in [3.8, 4) is 0 Å². The second-order valence-electron chi connectivity index (χ2n) is 3.95. The highest BCUT2D eigenvalue weighted by Crippen LogP contribution is 2.20. The van der Waals surface area contributed by atoms with Crippen LogP contribution < -0.4 is 5.32 Å². The highest BCUT2D eigenvalue weighted by Gasteiger charge is 2.41. The summed E-state index contributed by atoms with van der Waals surface area (Å²) >= 11 is 0. The van der Waals surface area contributed by atoms with Gasteiger partial charge in [-0.05, 0) is 20.8 Å². The number of methoxy groups -OCH3 is 1. The third kappa shape index (κ3) is 2.19. The van der Waals surface area contributed by atoms with Crippen LogP contribution >= 0.6 is 0 Å². The Bertz CT molecular complexity index is 203. The van der Waals surface area contributed by atoms with Crippen LogP contribution in [0.4, 0.5) is 0 Å². The zero-order valence-electron chi connectivity index (χ0n) is 8.59. The smallest absolute Gasteiger partial charge is 0.336 e. The minimum Gasteiger partial charge on any atom is -0.467 e. The van der Waals surface area contributed by atoms with Gasteiger partial charge in [-0.2, -0.15) is 0 Å². The van der Waals surface area contributed by atoms with Crippen molar-refractivity contribution < 1.29 is 14.3 Å². The molecule has 0 saturated carbocycles. The molecular weight excluding hydrogens is 170 g/mol. The SMILES string of the molecule is COC(=O)C1OC(C)CNC1(C)C. The highest BCUT2D eigenvalue weighted by molar-refractivity contribution is 5.76. The maximum Gasteiger partial charge on any atom is 0.336 e. The van der Waals surface area contributed by atoms with E-state index in [1.54, 1.807) is 0 Å². The van der Waals surface area contributed by atoms with E-state index in [1.165, 1.54) is 7.11 Å². The zero-order chi connectivity index (χ0) is 10.1. The minimum absolute atomic E-state index is 0.0529. The number of rotatable bonds is 1. The van der Waals surface area contributed by atoms with Crippen molar-refractivity contribution in [2.24, 2.45) is 0 Å². The van der Waals surface area contributed by atoms with Crippen LogP contribution in [0.15, 0.2) is 0 Å². The fourth-order valence-electron chi connectivity index (χ4n) is 1.41. The molecule has 0 aliphatic carbocycles. The van der Waals surface area contributed by atoms with Crippen molar-refractivity contribution >= 4 is 5.97 Å². The van der Waals surface area contributed by atoms with Crippen LogP contribution in [-0.2, 0) is 14.3 Å². The van der Waals surface area contributed by atoms with Crippen LogP contribution in [0.3, 0.4) is 0 Å². The van der Waals surface area contributed by atoms with Crippen molar-refractivity contribution in [3.63, 3.8) is 0 Å². The summed E-state index contributed by atoms with van der Waals surface area (Å²) in [6, 6.07) is 0. The van der Waals surface area contributed by atoms with E-state index < -0.39 is 6.10 Å². The molecule has 4 nitrogen and oxygen atoms in total. The molecule has 0 bridgehead atoms. The van der Waals surface area contributed by atoms with Crippen LogP contribution in [0.1, 0.15) is 20.8 Å². The first-order valence-electron chi connectivity index (χ1n) is 4.45. The molecule has 1 N–H and O–H groups in total. The summed E-state index contributed by atoms with van der Waals surface area (Å²) in [6.07, 6.45) is -0.460. The fourth-order valence-corrected chi connectivity index (χ4v) is 1.41. The standard InChI is InChI=1S/C9H17NO3/c1-6-5-10-9(2,3)7(13-6)8(11)12-4/h6-7,10H,5H2,1-4H3. The number of carbonyl (C=O) groups excluding carboxylic acids is 1. The summed E-state index contributed by atoms with van der Waals surface area (Å²) in [5.41, 5.74) is -0.348. The molecule has 76 valence electrons. The van der Waals surface area contributed by atoms with Crippen LogP contribution in [0.2, 0.25) is 0 Å². The van der Waals surface area contributed by atoms with Crippen molar-refractivity contribution in [2.45, 2.75) is 38.5 Å². The van der Waals surface area contributed by atoms with Crippen LogP contribution in [0.25, 0.3) is 0 Å². The Hall–Kier alpha value is -0.610. The predicted molar refractivity (Wildman–Crippen MR) is 48.4 cm³/mol. The summed E-state index contributed by atoms with van der Waals surface area (Å²) in [7, 11) is 1.38. The molecule has 0 spiro atoms. The first kappa shape index (κ1) is 10.5. The van der Waals surface area contributed by atoms with Crippen molar-refractivity contribution in [3.05, 3.63) is 0 Å². The number of carbonyl (C=O) groups is 1. The summed E-state index contributed by atoms with van der Waals surface area (Å²) in [5, 5.41) is 3.25. The van der Waals surface area contributed by atoms with Gasteiger partial charge in [0.25, 0.3) is 0 Å². The lowest BCUT2D eigenvalue weighted by molar-refractivity contribution is -0.169. The summed E-state index contributed by atoms with van der Waals surface area (Å²) in [5.74, 6) is -0.316. The van der Waals surface area contributed by atoms with Gasteiger partial charge in [-0.3, -0.25) is 0 Å². The van der Waals surface area contributed by atoms with Gasteiger partial charge in [0.2, 0.25) is 0 Å². The number of morpholine rings is 1. The fraction of sp³-hybridized carbons (Fsp3) is 0.889. The Labute approximate surface area is 78.6 Å². The maximum atomic E-state index is 11.3. The molecule has 1 saturated heterocycles. The molecule has 4 heteroatoms. The van der Waals surface area contributed by atoms with Gasteiger partial charge in [0.1, 0.15) is 0 Å². The van der Waals surface area contributed by atoms with Gasteiger partial charge >= 0.3 is 5.97 Å².